The number of fused-ring (bicyclic) bond motifs is 8. The van der Waals surface area contributed by atoms with E-state index < -0.39 is 0 Å². The molecule has 5 rings (SSSR count). The van der Waals surface area contributed by atoms with Crippen LogP contribution in [0.15, 0.2) is 42.7 Å². The van der Waals surface area contributed by atoms with Crippen LogP contribution in [0.2, 0.25) is 0 Å². The maximum atomic E-state index is 10.6. The van der Waals surface area contributed by atoms with Gasteiger partial charge in [0.25, 0.3) is 0 Å². The van der Waals surface area contributed by atoms with E-state index in [0.717, 1.165) is 39.0 Å². The normalized spacial score (nSPS) is 14.6. The lowest BCUT2D eigenvalue weighted by atomic mass is 10.0. The molecular formula is C22H24N4O. The molecule has 0 unspecified atom stereocenters. The van der Waals surface area contributed by atoms with Gasteiger partial charge in [0.1, 0.15) is 0 Å². The minimum atomic E-state index is 0.234. The van der Waals surface area contributed by atoms with Crippen LogP contribution in [0, 0.1) is 0 Å². The van der Waals surface area contributed by atoms with Gasteiger partial charge in [0.15, 0.2) is 5.88 Å². The summed E-state index contributed by atoms with van der Waals surface area (Å²) in [6, 6.07) is 11.3. The first-order valence-corrected chi connectivity index (χ1v) is 9.50. The van der Waals surface area contributed by atoms with Gasteiger partial charge in [-0.2, -0.15) is 0 Å². The van der Waals surface area contributed by atoms with Crippen LogP contribution >= 0.6 is 0 Å². The average molecular weight is 360 g/mol. The number of hydrogen-bond acceptors (Lipinski definition) is 2. The molecule has 0 spiro atoms. The highest BCUT2D eigenvalue weighted by Gasteiger charge is 2.23. The van der Waals surface area contributed by atoms with Gasteiger partial charge in [-0.05, 0) is 39.4 Å². The van der Waals surface area contributed by atoms with E-state index in [0.29, 0.717) is 12.1 Å². The predicted molar refractivity (Wildman–Crippen MR) is 113 cm³/mol. The third kappa shape index (κ3) is 2.15. The van der Waals surface area contributed by atoms with Crippen molar-refractivity contribution in [3.63, 3.8) is 0 Å². The van der Waals surface area contributed by atoms with E-state index in [1.807, 2.05) is 19.4 Å². The Kier molecular flexibility index (Phi) is 3.49. The van der Waals surface area contributed by atoms with Crippen molar-refractivity contribution in [2.24, 2.45) is 0 Å². The fourth-order valence-electron chi connectivity index (χ4n) is 4.62. The van der Waals surface area contributed by atoms with E-state index >= 15 is 0 Å². The number of nitrogens with zero attached hydrogens (tertiary/aromatic N) is 1. The smallest absolute Gasteiger partial charge is 0.197 e. The van der Waals surface area contributed by atoms with Crippen LogP contribution < -0.4 is 5.32 Å². The monoisotopic (exact) mass is 360 g/mol. The minimum Gasteiger partial charge on any atom is -0.494 e. The minimum absolute atomic E-state index is 0.234. The van der Waals surface area contributed by atoms with Crippen molar-refractivity contribution < 1.29 is 5.11 Å². The molecule has 0 saturated heterocycles. The number of aromatic amines is 2. The van der Waals surface area contributed by atoms with E-state index in [9.17, 15) is 5.11 Å². The van der Waals surface area contributed by atoms with Gasteiger partial charge in [-0.15, -0.1) is 0 Å². The van der Waals surface area contributed by atoms with Crippen molar-refractivity contribution >= 4 is 43.5 Å². The molecule has 0 aliphatic heterocycles. The van der Waals surface area contributed by atoms with Gasteiger partial charge in [0, 0.05) is 51.5 Å². The van der Waals surface area contributed by atoms with E-state index in [1.165, 1.54) is 10.9 Å². The van der Waals surface area contributed by atoms with Gasteiger partial charge in [-0.1, -0.05) is 18.2 Å². The third-order valence-electron chi connectivity index (χ3n) is 5.92. The highest BCUT2D eigenvalue weighted by Crippen LogP contribution is 2.44. The lowest BCUT2D eigenvalue weighted by molar-refractivity contribution is 0.447. The second-order valence-corrected chi connectivity index (χ2v) is 7.58. The topological polar surface area (TPSA) is 68.8 Å². The van der Waals surface area contributed by atoms with E-state index in [-0.39, 0.29) is 5.88 Å². The second-order valence-electron chi connectivity index (χ2n) is 7.58. The van der Waals surface area contributed by atoms with Gasteiger partial charge in [-0.3, -0.25) is 0 Å². The molecule has 3 aromatic heterocycles. The highest BCUT2D eigenvalue weighted by molar-refractivity contribution is 6.32. The summed E-state index contributed by atoms with van der Waals surface area (Å²) in [6.45, 7) is 4.49. The summed E-state index contributed by atoms with van der Waals surface area (Å²) in [5.41, 5.74) is 3.48. The summed E-state index contributed by atoms with van der Waals surface area (Å²) >= 11 is 0. The summed E-state index contributed by atoms with van der Waals surface area (Å²) in [6.07, 6.45) is 4.90. The second kappa shape index (κ2) is 5.79. The lowest BCUT2D eigenvalue weighted by Crippen LogP contribution is -2.24. The zero-order valence-corrected chi connectivity index (χ0v) is 15.8. The molecule has 0 radical (unpaired) electrons. The Morgan fingerprint density at radius 3 is 2.67 bits per heavy atom. The van der Waals surface area contributed by atoms with Crippen molar-refractivity contribution in [3.8, 4) is 5.88 Å². The lowest BCUT2D eigenvalue weighted by Gasteiger charge is -2.21. The van der Waals surface area contributed by atoms with E-state index in [1.54, 1.807) is 0 Å². The molecule has 0 bridgehead atoms. The molecule has 5 nitrogen and oxygen atoms in total. The molecule has 5 aromatic rings. The van der Waals surface area contributed by atoms with Crippen molar-refractivity contribution in [1.29, 1.82) is 0 Å². The fourth-order valence-corrected chi connectivity index (χ4v) is 4.62. The molecule has 4 N–H and O–H groups in total. The summed E-state index contributed by atoms with van der Waals surface area (Å²) in [5, 5.41) is 19.3. The Balaban J connectivity index is 2.01. The number of nitrogens with one attached hydrogen (secondary N) is 3. The molecule has 2 atom stereocenters. The number of rotatable bonds is 4. The first-order valence-electron chi connectivity index (χ1n) is 9.50. The number of para-hydroxylation sites is 1. The molecule has 0 aliphatic carbocycles. The van der Waals surface area contributed by atoms with E-state index in [2.05, 4.69) is 64.0 Å². The number of H-pyrrole nitrogens is 2. The number of aromatic hydroxyl groups is 1. The van der Waals surface area contributed by atoms with Crippen molar-refractivity contribution in [2.45, 2.75) is 32.4 Å². The summed E-state index contributed by atoms with van der Waals surface area (Å²) in [4.78, 5) is 6.47. The Labute approximate surface area is 157 Å². The maximum absolute atomic E-state index is 10.6. The van der Waals surface area contributed by atoms with Crippen LogP contribution in [0.4, 0.5) is 0 Å². The molecule has 138 valence electrons. The SMILES string of the molecule is CN[C@@H](C)C[C@@H](C)n1c2ccccc2c2c3c(O)[nH]cc3c3cc[nH]c3c21. The Bertz CT molecular complexity index is 1290. The number of aromatic nitrogens is 3. The van der Waals surface area contributed by atoms with Gasteiger partial charge in [0.05, 0.1) is 16.4 Å². The van der Waals surface area contributed by atoms with Crippen LogP contribution in [-0.4, -0.2) is 32.7 Å². The zero-order chi connectivity index (χ0) is 18.7. The standard InChI is InChI=1S/C22H24N4O/c1-12(23-3)10-13(2)26-17-7-5-4-6-15(17)18-19-16(11-25-22(19)27)14-8-9-24-20(14)21(18)26/h4-9,11-13,23-25,27H,10H2,1-3H3/t12-,13+/m0/s1. The first-order chi connectivity index (χ1) is 13.1. The molecule has 2 aromatic carbocycles. The van der Waals surface area contributed by atoms with Gasteiger partial charge in [0.2, 0.25) is 0 Å². The molecule has 0 amide bonds. The van der Waals surface area contributed by atoms with Crippen LogP contribution in [0.25, 0.3) is 43.5 Å². The predicted octanol–water partition coefficient (Wildman–Crippen LogP) is 5.02. The Hall–Kier alpha value is -2.92. The highest BCUT2D eigenvalue weighted by atomic mass is 16.3. The third-order valence-corrected chi connectivity index (χ3v) is 5.92. The molecule has 3 heterocycles. The summed E-state index contributed by atoms with van der Waals surface area (Å²) in [7, 11) is 2.01. The fraction of sp³-hybridized carbons (Fsp3) is 0.273. The molecule has 5 heteroatoms. The first kappa shape index (κ1) is 16.3. The Morgan fingerprint density at radius 1 is 1.04 bits per heavy atom. The van der Waals surface area contributed by atoms with Crippen LogP contribution in [0.5, 0.6) is 5.88 Å². The maximum Gasteiger partial charge on any atom is 0.197 e. The largest absolute Gasteiger partial charge is 0.494 e. The van der Waals surface area contributed by atoms with Crippen molar-refractivity contribution in [3.05, 3.63) is 42.7 Å². The van der Waals surface area contributed by atoms with Gasteiger partial charge < -0.3 is 25.0 Å². The molecule has 27 heavy (non-hydrogen) atoms. The van der Waals surface area contributed by atoms with Crippen molar-refractivity contribution in [2.75, 3.05) is 7.05 Å². The molecular weight excluding hydrogens is 336 g/mol. The summed E-state index contributed by atoms with van der Waals surface area (Å²) < 4.78 is 2.43. The molecule has 0 saturated carbocycles. The number of hydrogen-bond donors (Lipinski definition) is 4. The van der Waals surface area contributed by atoms with Crippen LogP contribution in [0.3, 0.4) is 0 Å². The quantitative estimate of drug-likeness (QED) is 0.363. The molecule has 0 aliphatic rings. The molecule has 0 fully saturated rings. The average Bonchev–Trinajstić information content (AvgIpc) is 3.36. The van der Waals surface area contributed by atoms with E-state index in [4.69, 9.17) is 0 Å². The van der Waals surface area contributed by atoms with Crippen LogP contribution in [-0.2, 0) is 0 Å². The van der Waals surface area contributed by atoms with Gasteiger partial charge in [-0.25, -0.2) is 0 Å². The van der Waals surface area contributed by atoms with Crippen molar-refractivity contribution in [1.82, 2.24) is 19.9 Å². The van der Waals surface area contributed by atoms with Crippen LogP contribution in [0.1, 0.15) is 26.3 Å². The Morgan fingerprint density at radius 2 is 1.85 bits per heavy atom. The zero-order valence-electron chi connectivity index (χ0n) is 15.8. The van der Waals surface area contributed by atoms with Gasteiger partial charge >= 0.3 is 0 Å². The summed E-state index contributed by atoms with van der Waals surface area (Å²) in [5.74, 6) is 0.234. The number of benzene rings is 2.